The Bertz CT molecular complexity index is 1500. The quantitative estimate of drug-likeness (QED) is 0.291. The molecule has 0 aliphatic heterocycles. The molecule has 0 aromatic heterocycles. The van der Waals surface area contributed by atoms with Crippen LogP contribution in [0, 0.1) is 13.8 Å². The molecular formula is C32H40ClN3O5S. The van der Waals surface area contributed by atoms with E-state index in [9.17, 15) is 18.0 Å². The molecular weight excluding hydrogens is 574 g/mol. The van der Waals surface area contributed by atoms with Crippen molar-refractivity contribution in [2.24, 2.45) is 0 Å². The van der Waals surface area contributed by atoms with Gasteiger partial charge in [-0.2, -0.15) is 0 Å². The second-order valence-corrected chi connectivity index (χ2v) is 13.6. The van der Waals surface area contributed by atoms with E-state index in [2.05, 4.69) is 5.32 Å². The van der Waals surface area contributed by atoms with Crippen LogP contribution in [0.1, 0.15) is 50.8 Å². The van der Waals surface area contributed by atoms with Crippen LogP contribution in [0.3, 0.4) is 0 Å². The van der Waals surface area contributed by atoms with Crippen LogP contribution in [0.5, 0.6) is 5.75 Å². The first-order chi connectivity index (χ1) is 19.7. The zero-order valence-electron chi connectivity index (χ0n) is 25.3. The van der Waals surface area contributed by atoms with Crippen molar-refractivity contribution in [2.45, 2.75) is 71.0 Å². The van der Waals surface area contributed by atoms with Crippen molar-refractivity contribution in [1.82, 2.24) is 10.2 Å². The maximum Gasteiger partial charge on any atom is 0.264 e. The van der Waals surface area contributed by atoms with E-state index in [4.69, 9.17) is 16.3 Å². The fourth-order valence-electron chi connectivity index (χ4n) is 4.44. The van der Waals surface area contributed by atoms with Gasteiger partial charge in [0.1, 0.15) is 18.3 Å². The number of sulfonamides is 1. The van der Waals surface area contributed by atoms with Gasteiger partial charge in [0.15, 0.2) is 0 Å². The fourth-order valence-corrected chi connectivity index (χ4v) is 5.98. The number of methoxy groups -OCH3 is 1. The monoisotopic (exact) mass is 613 g/mol. The Balaban J connectivity index is 2.09. The number of nitrogens with one attached hydrogen (secondary N) is 1. The van der Waals surface area contributed by atoms with Crippen LogP contribution in [0.15, 0.2) is 71.6 Å². The first-order valence-corrected chi connectivity index (χ1v) is 15.6. The zero-order valence-corrected chi connectivity index (χ0v) is 26.8. The number of hydrogen-bond donors (Lipinski definition) is 1. The summed E-state index contributed by atoms with van der Waals surface area (Å²) in [6.07, 6.45) is 0.331. The van der Waals surface area contributed by atoms with Crippen LogP contribution in [0.2, 0.25) is 5.02 Å². The van der Waals surface area contributed by atoms with Gasteiger partial charge < -0.3 is 15.0 Å². The minimum atomic E-state index is -4.18. The minimum Gasteiger partial charge on any atom is -0.497 e. The lowest BCUT2D eigenvalue weighted by molar-refractivity contribution is -0.141. The first-order valence-electron chi connectivity index (χ1n) is 13.8. The Morgan fingerprint density at radius 3 is 2.10 bits per heavy atom. The molecule has 226 valence electrons. The van der Waals surface area contributed by atoms with Gasteiger partial charge in [-0.1, -0.05) is 36.7 Å². The van der Waals surface area contributed by atoms with Gasteiger partial charge in [0.25, 0.3) is 10.0 Å². The molecule has 0 radical (unpaired) electrons. The molecule has 0 bridgehead atoms. The Labute approximate surface area is 254 Å². The Hall–Kier alpha value is -3.56. The van der Waals surface area contributed by atoms with Crippen molar-refractivity contribution in [1.29, 1.82) is 0 Å². The van der Waals surface area contributed by atoms with Crippen molar-refractivity contribution in [3.8, 4) is 5.75 Å². The minimum absolute atomic E-state index is 0.00264. The highest BCUT2D eigenvalue weighted by atomic mass is 35.5. The molecule has 3 aromatic rings. The molecule has 1 N–H and O–H groups in total. The summed E-state index contributed by atoms with van der Waals surface area (Å²) in [5, 5.41) is 3.37. The fraction of sp³-hybridized carbons (Fsp3) is 0.375. The summed E-state index contributed by atoms with van der Waals surface area (Å²) in [4.78, 5) is 29.1. The largest absolute Gasteiger partial charge is 0.497 e. The Morgan fingerprint density at radius 1 is 0.952 bits per heavy atom. The second-order valence-electron chi connectivity index (χ2n) is 11.3. The molecule has 2 amide bonds. The van der Waals surface area contributed by atoms with E-state index >= 15 is 0 Å². The average molecular weight is 614 g/mol. The highest BCUT2D eigenvalue weighted by molar-refractivity contribution is 7.92. The number of anilines is 1. The van der Waals surface area contributed by atoms with Gasteiger partial charge in [-0.15, -0.1) is 0 Å². The Kier molecular flexibility index (Phi) is 10.7. The summed E-state index contributed by atoms with van der Waals surface area (Å²) in [6.45, 7) is 10.8. The van der Waals surface area contributed by atoms with Gasteiger partial charge in [0.05, 0.1) is 17.7 Å². The predicted octanol–water partition coefficient (Wildman–Crippen LogP) is 5.88. The molecule has 3 aromatic carbocycles. The number of rotatable bonds is 11. The molecule has 0 unspecified atom stereocenters. The smallest absolute Gasteiger partial charge is 0.264 e. The number of ether oxygens (including phenoxy) is 1. The lowest BCUT2D eigenvalue weighted by Crippen LogP contribution is -2.55. The third-order valence-electron chi connectivity index (χ3n) is 6.86. The van der Waals surface area contributed by atoms with Crippen LogP contribution < -0.4 is 14.4 Å². The van der Waals surface area contributed by atoms with Gasteiger partial charge in [-0.05, 0) is 106 Å². The highest BCUT2D eigenvalue weighted by Gasteiger charge is 2.34. The molecule has 0 saturated heterocycles. The number of halogens is 1. The third-order valence-corrected chi connectivity index (χ3v) is 8.90. The van der Waals surface area contributed by atoms with E-state index < -0.39 is 34.1 Å². The molecule has 42 heavy (non-hydrogen) atoms. The topological polar surface area (TPSA) is 96.0 Å². The van der Waals surface area contributed by atoms with Crippen molar-refractivity contribution in [3.63, 3.8) is 0 Å². The standard InChI is InChI=1S/C32H40ClN3O5S/c1-8-29(31(38)34-32(4,5)6)35(20-24-10-15-27(41-7)16-11-24)30(37)21-36(26-14-9-22(2)23(3)19-26)42(39,40)28-17-12-25(33)13-18-28/h9-19,29H,8,20-21H2,1-7H3,(H,34,38)/t29-/m1/s1. The number of benzene rings is 3. The lowest BCUT2D eigenvalue weighted by Gasteiger charge is -2.35. The van der Waals surface area contributed by atoms with E-state index in [1.807, 2.05) is 59.7 Å². The summed E-state index contributed by atoms with van der Waals surface area (Å²) in [5.74, 6) is -0.174. The second kappa shape index (κ2) is 13.6. The summed E-state index contributed by atoms with van der Waals surface area (Å²) in [7, 11) is -2.62. The van der Waals surface area contributed by atoms with Crippen molar-refractivity contribution >= 4 is 39.1 Å². The van der Waals surface area contributed by atoms with Gasteiger partial charge >= 0.3 is 0 Å². The molecule has 1 atom stereocenters. The molecule has 3 rings (SSSR count). The number of carbonyl (C=O) groups excluding carboxylic acids is 2. The number of nitrogens with zero attached hydrogens (tertiary/aromatic N) is 2. The van der Waals surface area contributed by atoms with Gasteiger partial charge in [0, 0.05) is 17.1 Å². The van der Waals surface area contributed by atoms with Gasteiger partial charge in [0.2, 0.25) is 11.8 Å². The third kappa shape index (κ3) is 8.26. The summed E-state index contributed by atoms with van der Waals surface area (Å²) >= 11 is 6.03. The number of hydrogen-bond acceptors (Lipinski definition) is 5. The van der Waals surface area contributed by atoms with E-state index in [0.29, 0.717) is 22.9 Å². The van der Waals surface area contributed by atoms with E-state index in [1.165, 1.54) is 29.2 Å². The molecule has 0 saturated carbocycles. The molecule has 0 heterocycles. The van der Waals surface area contributed by atoms with E-state index in [0.717, 1.165) is 21.0 Å². The van der Waals surface area contributed by atoms with Crippen molar-refractivity contribution in [3.05, 3.63) is 88.4 Å². The van der Waals surface area contributed by atoms with Gasteiger partial charge in [-0.3, -0.25) is 13.9 Å². The van der Waals surface area contributed by atoms with Crippen LogP contribution >= 0.6 is 11.6 Å². The lowest BCUT2D eigenvalue weighted by atomic mass is 10.1. The summed E-state index contributed by atoms with van der Waals surface area (Å²) in [5.41, 5.74) is 2.45. The average Bonchev–Trinajstić information content (AvgIpc) is 2.92. The number of amides is 2. The SMILES string of the molecule is CC[C@H](C(=O)NC(C)(C)C)N(Cc1ccc(OC)cc1)C(=O)CN(c1ccc(C)c(C)c1)S(=O)(=O)c1ccc(Cl)cc1. The molecule has 0 spiro atoms. The van der Waals surface area contributed by atoms with Crippen molar-refractivity contribution < 1.29 is 22.7 Å². The molecule has 8 nitrogen and oxygen atoms in total. The predicted molar refractivity (Wildman–Crippen MR) is 167 cm³/mol. The number of carbonyl (C=O) groups is 2. The van der Waals surface area contributed by atoms with E-state index in [1.54, 1.807) is 31.4 Å². The Morgan fingerprint density at radius 2 is 1.57 bits per heavy atom. The molecule has 0 fully saturated rings. The normalized spacial score (nSPS) is 12.4. The van der Waals surface area contributed by atoms with Crippen LogP contribution in [-0.2, 0) is 26.2 Å². The molecule has 0 aliphatic rings. The van der Waals surface area contributed by atoms with Crippen LogP contribution in [0.4, 0.5) is 5.69 Å². The molecule has 0 aliphatic carbocycles. The van der Waals surface area contributed by atoms with Crippen LogP contribution in [0.25, 0.3) is 0 Å². The number of aryl methyl sites for hydroxylation is 2. The van der Waals surface area contributed by atoms with E-state index in [-0.39, 0.29) is 17.3 Å². The highest BCUT2D eigenvalue weighted by Crippen LogP contribution is 2.27. The first kappa shape index (κ1) is 32.9. The summed E-state index contributed by atoms with van der Waals surface area (Å²) in [6, 6.07) is 17.4. The van der Waals surface area contributed by atoms with Gasteiger partial charge in [-0.25, -0.2) is 8.42 Å². The maximum atomic E-state index is 14.2. The summed E-state index contributed by atoms with van der Waals surface area (Å²) < 4.78 is 34.4. The van der Waals surface area contributed by atoms with Crippen molar-refractivity contribution in [2.75, 3.05) is 18.0 Å². The van der Waals surface area contributed by atoms with Crippen LogP contribution in [-0.4, -0.2) is 50.4 Å². The zero-order chi connectivity index (χ0) is 31.2. The maximum absolute atomic E-state index is 14.2. The molecule has 10 heteroatoms.